The molecule has 8 heteroatoms. The van der Waals surface area contributed by atoms with E-state index in [9.17, 15) is 13.2 Å². The highest BCUT2D eigenvalue weighted by Crippen LogP contribution is 2.26. The number of amides is 1. The molecule has 0 fully saturated rings. The maximum atomic E-state index is 12.7. The van der Waals surface area contributed by atoms with Crippen LogP contribution in [0.2, 0.25) is 0 Å². The summed E-state index contributed by atoms with van der Waals surface area (Å²) >= 11 is 0. The molecule has 174 valence electrons. The monoisotopic (exact) mass is 468 g/mol. The zero-order valence-corrected chi connectivity index (χ0v) is 20.0. The van der Waals surface area contributed by atoms with Crippen LogP contribution in [0.25, 0.3) is 0 Å². The minimum Gasteiger partial charge on any atom is -0.495 e. The third-order valence-electron chi connectivity index (χ3n) is 5.00. The van der Waals surface area contributed by atoms with Crippen LogP contribution in [-0.4, -0.2) is 46.5 Å². The standard InChI is InChI=1S/C25H28N2O5S/c1-18-15-19(2)17-21(16-18)32-14-13-27(3)25(28)20-9-11-22(12-10-20)33(29,30)26-23-7-5-6-8-24(23)31-4/h5-12,15-17,26H,13-14H2,1-4H3. The zero-order valence-electron chi connectivity index (χ0n) is 19.2. The fraction of sp³-hybridized carbons (Fsp3) is 0.240. The number of para-hydroxylation sites is 2. The maximum Gasteiger partial charge on any atom is 0.262 e. The fourth-order valence-corrected chi connectivity index (χ4v) is 4.42. The lowest BCUT2D eigenvalue weighted by Crippen LogP contribution is -2.30. The number of sulfonamides is 1. The first-order valence-electron chi connectivity index (χ1n) is 10.4. The van der Waals surface area contributed by atoms with Crippen molar-refractivity contribution in [1.82, 2.24) is 4.90 Å². The van der Waals surface area contributed by atoms with Gasteiger partial charge in [0.25, 0.3) is 15.9 Å². The highest BCUT2D eigenvalue weighted by Gasteiger charge is 2.18. The Morgan fingerprint density at radius 1 is 0.970 bits per heavy atom. The second-order valence-electron chi connectivity index (χ2n) is 7.73. The Morgan fingerprint density at radius 2 is 1.61 bits per heavy atom. The zero-order chi connectivity index (χ0) is 24.0. The molecule has 0 unspecified atom stereocenters. The number of benzene rings is 3. The number of anilines is 1. The quantitative estimate of drug-likeness (QED) is 0.507. The minimum absolute atomic E-state index is 0.0470. The van der Waals surface area contributed by atoms with E-state index >= 15 is 0 Å². The van der Waals surface area contributed by atoms with Crippen molar-refractivity contribution in [2.75, 3.05) is 32.0 Å². The van der Waals surface area contributed by atoms with E-state index in [1.165, 1.54) is 31.4 Å². The van der Waals surface area contributed by atoms with Gasteiger partial charge in [-0.3, -0.25) is 9.52 Å². The van der Waals surface area contributed by atoms with Gasteiger partial charge in [0.15, 0.2) is 0 Å². The summed E-state index contributed by atoms with van der Waals surface area (Å²) in [5.41, 5.74) is 2.96. The second kappa shape index (κ2) is 10.4. The summed E-state index contributed by atoms with van der Waals surface area (Å²) in [7, 11) is -0.685. The van der Waals surface area contributed by atoms with E-state index in [4.69, 9.17) is 9.47 Å². The van der Waals surface area contributed by atoms with Gasteiger partial charge in [0.2, 0.25) is 0 Å². The van der Waals surface area contributed by atoms with Crippen LogP contribution in [0, 0.1) is 13.8 Å². The molecule has 0 radical (unpaired) electrons. The Morgan fingerprint density at radius 3 is 2.24 bits per heavy atom. The first kappa shape index (κ1) is 24.1. The molecule has 0 aliphatic carbocycles. The van der Waals surface area contributed by atoms with E-state index < -0.39 is 10.0 Å². The Balaban J connectivity index is 1.61. The second-order valence-corrected chi connectivity index (χ2v) is 9.41. The van der Waals surface area contributed by atoms with Gasteiger partial charge < -0.3 is 14.4 Å². The Hall–Kier alpha value is -3.52. The van der Waals surface area contributed by atoms with Gasteiger partial charge in [0, 0.05) is 12.6 Å². The molecule has 7 nitrogen and oxygen atoms in total. The van der Waals surface area contributed by atoms with E-state index in [0.29, 0.717) is 30.2 Å². The number of carbonyl (C=O) groups excluding carboxylic acids is 1. The van der Waals surface area contributed by atoms with E-state index in [-0.39, 0.29) is 10.8 Å². The Labute approximate surface area is 195 Å². The van der Waals surface area contributed by atoms with Crippen LogP contribution >= 0.6 is 0 Å². The largest absolute Gasteiger partial charge is 0.495 e. The summed E-state index contributed by atoms with van der Waals surface area (Å²) in [6, 6.07) is 18.5. The number of carbonyl (C=O) groups is 1. The average Bonchev–Trinajstić information content (AvgIpc) is 2.78. The number of rotatable bonds is 9. The molecule has 1 N–H and O–H groups in total. The van der Waals surface area contributed by atoms with Gasteiger partial charge in [-0.25, -0.2) is 8.42 Å². The van der Waals surface area contributed by atoms with Gasteiger partial charge in [0.05, 0.1) is 24.2 Å². The molecule has 1 amide bonds. The van der Waals surface area contributed by atoms with E-state index in [2.05, 4.69) is 10.8 Å². The third-order valence-corrected chi connectivity index (χ3v) is 6.38. The van der Waals surface area contributed by atoms with Crippen LogP contribution in [0.5, 0.6) is 11.5 Å². The molecule has 0 heterocycles. The number of aryl methyl sites for hydroxylation is 2. The van der Waals surface area contributed by atoms with Crippen LogP contribution in [0.15, 0.2) is 71.6 Å². The molecule has 33 heavy (non-hydrogen) atoms. The molecule has 0 saturated heterocycles. The van der Waals surface area contributed by atoms with Crippen molar-refractivity contribution in [2.24, 2.45) is 0 Å². The van der Waals surface area contributed by atoms with Crippen LogP contribution in [0.1, 0.15) is 21.5 Å². The molecule has 0 bridgehead atoms. The number of nitrogens with one attached hydrogen (secondary N) is 1. The van der Waals surface area contributed by atoms with E-state index in [1.807, 2.05) is 26.0 Å². The first-order valence-corrected chi connectivity index (χ1v) is 11.9. The third kappa shape index (κ3) is 6.26. The highest BCUT2D eigenvalue weighted by atomic mass is 32.2. The molecular formula is C25H28N2O5S. The van der Waals surface area contributed by atoms with E-state index in [1.54, 1.807) is 36.2 Å². The van der Waals surface area contributed by atoms with Crippen molar-refractivity contribution >= 4 is 21.6 Å². The molecule has 0 spiro atoms. The van der Waals surface area contributed by atoms with Crippen molar-refractivity contribution in [3.8, 4) is 11.5 Å². The van der Waals surface area contributed by atoms with Gasteiger partial charge in [-0.15, -0.1) is 0 Å². The normalized spacial score (nSPS) is 11.0. The molecule has 0 atom stereocenters. The SMILES string of the molecule is COc1ccccc1NS(=O)(=O)c1ccc(C(=O)N(C)CCOc2cc(C)cc(C)c2)cc1. The number of likely N-dealkylation sites (N-methyl/N-ethyl adjacent to an activating group) is 1. The molecule has 0 aromatic heterocycles. The lowest BCUT2D eigenvalue weighted by molar-refractivity contribution is 0.0773. The predicted octanol–water partition coefficient (Wildman–Crippen LogP) is 4.26. The smallest absolute Gasteiger partial charge is 0.262 e. The topological polar surface area (TPSA) is 84.9 Å². The molecule has 0 aliphatic heterocycles. The van der Waals surface area contributed by atoms with Gasteiger partial charge >= 0.3 is 0 Å². The van der Waals surface area contributed by atoms with Crippen molar-refractivity contribution in [3.63, 3.8) is 0 Å². The van der Waals surface area contributed by atoms with Crippen LogP contribution in [0.4, 0.5) is 5.69 Å². The summed E-state index contributed by atoms with van der Waals surface area (Å²) in [4.78, 5) is 14.3. The van der Waals surface area contributed by atoms with Gasteiger partial charge in [-0.2, -0.15) is 0 Å². The van der Waals surface area contributed by atoms with Crippen molar-refractivity contribution in [1.29, 1.82) is 0 Å². The molecular weight excluding hydrogens is 440 g/mol. The van der Waals surface area contributed by atoms with Crippen molar-refractivity contribution in [3.05, 3.63) is 83.4 Å². The summed E-state index contributed by atoms with van der Waals surface area (Å²) in [5, 5.41) is 0. The summed E-state index contributed by atoms with van der Waals surface area (Å²) in [6.45, 7) is 4.75. The summed E-state index contributed by atoms with van der Waals surface area (Å²) in [5.74, 6) is 0.962. The van der Waals surface area contributed by atoms with Crippen molar-refractivity contribution < 1.29 is 22.7 Å². The van der Waals surface area contributed by atoms with Gasteiger partial charge in [-0.05, 0) is 73.5 Å². The van der Waals surface area contributed by atoms with Gasteiger partial charge in [-0.1, -0.05) is 18.2 Å². The summed E-state index contributed by atoms with van der Waals surface area (Å²) < 4.78 is 38.9. The number of hydrogen-bond acceptors (Lipinski definition) is 5. The molecule has 3 rings (SSSR count). The molecule has 0 saturated carbocycles. The lowest BCUT2D eigenvalue weighted by Gasteiger charge is -2.18. The van der Waals surface area contributed by atoms with Crippen LogP contribution in [-0.2, 0) is 10.0 Å². The number of hydrogen-bond donors (Lipinski definition) is 1. The maximum absolute atomic E-state index is 12.7. The Bertz CT molecular complexity index is 1200. The highest BCUT2D eigenvalue weighted by molar-refractivity contribution is 7.92. The van der Waals surface area contributed by atoms with Crippen molar-refractivity contribution in [2.45, 2.75) is 18.7 Å². The first-order chi connectivity index (χ1) is 15.7. The fourth-order valence-electron chi connectivity index (χ4n) is 3.35. The molecule has 3 aromatic rings. The summed E-state index contributed by atoms with van der Waals surface area (Å²) in [6.07, 6.45) is 0. The van der Waals surface area contributed by atoms with Crippen LogP contribution < -0.4 is 14.2 Å². The lowest BCUT2D eigenvalue weighted by atomic mass is 10.1. The van der Waals surface area contributed by atoms with E-state index in [0.717, 1.165) is 16.9 Å². The number of nitrogens with zero attached hydrogens (tertiary/aromatic N) is 1. The number of ether oxygens (including phenoxy) is 2. The number of methoxy groups -OCH3 is 1. The molecule has 0 aliphatic rings. The average molecular weight is 469 g/mol. The molecule has 3 aromatic carbocycles. The predicted molar refractivity (Wildman–Crippen MR) is 129 cm³/mol. The van der Waals surface area contributed by atoms with Gasteiger partial charge in [0.1, 0.15) is 18.1 Å². The minimum atomic E-state index is -3.84. The Kier molecular flexibility index (Phi) is 7.60. The van der Waals surface area contributed by atoms with Crippen LogP contribution in [0.3, 0.4) is 0 Å².